The molecule has 0 bridgehead atoms. The van der Waals surface area contributed by atoms with E-state index >= 15 is 0 Å². The number of rotatable bonds is 7. The highest BCUT2D eigenvalue weighted by Crippen LogP contribution is 2.39. The smallest absolute Gasteiger partial charge is 0.341 e. The summed E-state index contributed by atoms with van der Waals surface area (Å²) in [6, 6.07) is 22.3. The summed E-state index contributed by atoms with van der Waals surface area (Å²) >= 11 is 3.34. The molecule has 4 rings (SSSR count). The zero-order valence-corrected chi connectivity index (χ0v) is 20.9. The average Bonchev–Trinajstić information content (AvgIpc) is 3.13. The first-order chi connectivity index (χ1) is 16.5. The van der Waals surface area contributed by atoms with Crippen LogP contribution in [0.4, 0.5) is 11.4 Å². The van der Waals surface area contributed by atoms with Crippen LogP contribution in [-0.4, -0.2) is 35.9 Å². The highest BCUT2D eigenvalue weighted by Gasteiger charge is 2.34. The van der Waals surface area contributed by atoms with Crippen LogP contribution < -0.4 is 14.4 Å². The van der Waals surface area contributed by atoms with Gasteiger partial charge in [0.25, 0.3) is 5.91 Å². The van der Waals surface area contributed by atoms with E-state index in [2.05, 4.69) is 22.6 Å². The molecule has 34 heavy (non-hydrogen) atoms. The Kier molecular flexibility index (Phi) is 7.53. The summed E-state index contributed by atoms with van der Waals surface area (Å²) in [4.78, 5) is 31.1. The summed E-state index contributed by atoms with van der Waals surface area (Å²) in [6.45, 7) is -0.480. The molecule has 0 aliphatic carbocycles. The van der Waals surface area contributed by atoms with E-state index in [1.807, 2.05) is 60.7 Å². The van der Waals surface area contributed by atoms with Crippen molar-refractivity contribution in [2.75, 3.05) is 18.6 Å². The minimum absolute atomic E-state index is 0.189. The molecule has 0 spiro atoms. The van der Waals surface area contributed by atoms with Gasteiger partial charge in [0.1, 0.15) is 0 Å². The first kappa shape index (κ1) is 23.8. The van der Waals surface area contributed by atoms with Crippen LogP contribution in [0, 0.1) is 3.57 Å². The fourth-order valence-electron chi connectivity index (χ4n) is 3.21. The van der Waals surface area contributed by atoms with Crippen molar-refractivity contribution in [1.29, 1.82) is 0 Å². The second-order valence-corrected chi connectivity index (χ2v) is 9.20. The molecule has 1 heterocycles. The molecule has 7 nitrogen and oxygen atoms in total. The quantitative estimate of drug-likeness (QED) is 0.288. The number of aliphatic carboxylic acids is 1. The number of carboxylic acid groups (broad SMARTS) is 1. The molecule has 1 fully saturated rings. The van der Waals surface area contributed by atoms with Crippen LogP contribution in [-0.2, 0) is 9.59 Å². The number of para-hydroxylation sites is 2. The first-order valence-corrected chi connectivity index (χ1v) is 12.0. The molecule has 0 saturated carbocycles. The molecule has 1 aliphatic heterocycles. The number of benzene rings is 3. The van der Waals surface area contributed by atoms with Crippen molar-refractivity contribution in [3.8, 4) is 11.5 Å². The van der Waals surface area contributed by atoms with E-state index in [9.17, 15) is 9.59 Å². The highest BCUT2D eigenvalue weighted by molar-refractivity contribution is 14.1. The number of hydrogen-bond donors (Lipinski definition) is 1. The Labute approximate surface area is 214 Å². The van der Waals surface area contributed by atoms with E-state index < -0.39 is 12.6 Å². The summed E-state index contributed by atoms with van der Waals surface area (Å²) in [7, 11) is 1.48. The number of carbonyl (C=O) groups is 2. The lowest BCUT2D eigenvalue weighted by molar-refractivity contribution is -0.139. The number of nitrogens with zero attached hydrogens (tertiary/aromatic N) is 2. The van der Waals surface area contributed by atoms with Gasteiger partial charge in [-0.25, -0.2) is 9.79 Å². The van der Waals surface area contributed by atoms with Gasteiger partial charge in [0, 0.05) is 0 Å². The van der Waals surface area contributed by atoms with E-state index in [0.717, 1.165) is 11.4 Å². The summed E-state index contributed by atoms with van der Waals surface area (Å²) < 4.78 is 11.4. The van der Waals surface area contributed by atoms with Crippen LogP contribution in [0.15, 0.2) is 82.7 Å². The van der Waals surface area contributed by atoms with Crippen molar-refractivity contribution in [1.82, 2.24) is 0 Å². The van der Waals surface area contributed by atoms with Crippen molar-refractivity contribution < 1.29 is 24.2 Å². The number of amidine groups is 1. The zero-order valence-electron chi connectivity index (χ0n) is 18.0. The van der Waals surface area contributed by atoms with Gasteiger partial charge in [-0.3, -0.25) is 9.69 Å². The summed E-state index contributed by atoms with van der Waals surface area (Å²) in [5.41, 5.74) is 2.19. The van der Waals surface area contributed by atoms with Gasteiger partial charge in [0.05, 0.1) is 27.0 Å². The van der Waals surface area contributed by atoms with E-state index in [4.69, 9.17) is 19.6 Å². The monoisotopic (exact) mass is 586 g/mol. The largest absolute Gasteiger partial charge is 0.493 e. The lowest BCUT2D eigenvalue weighted by atomic mass is 10.1. The molecule has 0 unspecified atom stereocenters. The molecule has 1 aliphatic rings. The lowest BCUT2D eigenvalue weighted by Gasteiger charge is -2.15. The number of anilines is 1. The zero-order chi connectivity index (χ0) is 24.1. The second kappa shape index (κ2) is 10.7. The predicted molar refractivity (Wildman–Crippen MR) is 142 cm³/mol. The summed E-state index contributed by atoms with van der Waals surface area (Å²) in [6.07, 6.45) is 1.77. The minimum Gasteiger partial charge on any atom is -0.493 e. The van der Waals surface area contributed by atoms with Crippen molar-refractivity contribution in [2.24, 2.45) is 4.99 Å². The van der Waals surface area contributed by atoms with Crippen LogP contribution in [0.2, 0.25) is 0 Å². The number of carbonyl (C=O) groups excluding carboxylic acids is 1. The van der Waals surface area contributed by atoms with Crippen molar-refractivity contribution in [3.05, 3.63) is 86.8 Å². The topological polar surface area (TPSA) is 88.4 Å². The Morgan fingerprint density at radius 2 is 1.79 bits per heavy atom. The standard InChI is InChI=1S/C25H19IN2O5S/c1-32-20-13-16(12-19(26)23(20)33-15-22(29)30)14-21-24(31)28(18-10-6-3-7-11-18)25(34-21)27-17-8-4-2-5-9-17/h2-14H,15H2,1H3,(H,29,30)/b21-14+,27-25?. The molecule has 0 radical (unpaired) electrons. The normalized spacial score (nSPS) is 15.7. The Balaban J connectivity index is 1.72. The average molecular weight is 586 g/mol. The Morgan fingerprint density at radius 3 is 2.44 bits per heavy atom. The van der Waals surface area contributed by atoms with Gasteiger partial charge < -0.3 is 14.6 Å². The Hall–Kier alpha value is -3.31. The maximum Gasteiger partial charge on any atom is 0.341 e. The number of halogens is 1. The van der Waals surface area contributed by atoms with Gasteiger partial charge in [-0.1, -0.05) is 36.4 Å². The number of methoxy groups -OCH3 is 1. The van der Waals surface area contributed by atoms with Gasteiger partial charge in [-0.15, -0.1) is 0 Å². The molecule has 1 N–H and O–H groups in total. The number of thioether (sulfide) groups is 1. The van der Waals surface area contributed by atoms with Crippen molar-refractivity contribution >= 4 is 68.8 Å². The van der Waals surface area contributed by atoms with E-state index in [-0.39, 0.29) is 5.91 Å². The van der Waals surface area contributed by atoms with Crippen LogP contribution in [0.1, 0.15) is 5.56 Å². The van der Waals surface area contributed by atoms with E-state index in [1.54, 1.807) is 23.1 Å². The molecule has 9 heteroatoms. The Morgan fingerprint density at radius 1 is 1.12 bits per heavy atom. The van der Waals surface area contributed by atoms with Crippen LogP contribution in [0.3, 0.4) is 0 Å². The van der Waals surface area contributed by atoms with Gasteiger partial charge in [0.2, 0.25) is 0 Å². The number of hydrogen-bond acceptors (Lipinski definition) is 6. The fourth-order valence-corrected chi connectivity index (χ4v) is 5.00. The maximum absolute atomic E-state index is 13.4. The molecule has 3 aromatic rings. The molecule has 1 saturated heterocycles. The van der Waals surface area contributed by atoms with Crippen molar-refractivity contribution in [3.63, 3.8) is 0 Å². The van der Waals surface area contributed by atoms with Gasteiger partial charge in [-0.05, 0) is 82.4 Å². The van der Waals surface area contributed by atoms with Crippen molar-refractivity contribution in [2.45, 2.75) is 0 Å². The number of amides is 1. The molecule has 0 aromatic heterocycles. The molecular formula is C25H19IN2O5S. The lowest BCUT2D eigenvalue weighted by Crippen LogP contribution is -2.28. The third kappa shape index (κ3) is 5.42. The minimum atomic E-state index is -1.08. The molecule has 0 atom stereocenters. The molecular weight excluding hydrogens is 567 g/mol. The maximum atomic E-state index is 13.4. The summed E-state index contributed by atoms with van der Waals surface area (Å²) in [5.74, 6) is -0.543. The van der Waals surface area contributed by atoms with Gasteiger partial charge in [-0.2, -0.15) is 0 Å². The first-order valence-electron chi connectivity index (χ1n) is 10.1. The van der Waals surface area contributed by atoms with Crippen LogP contribution in [0.5, 0.6) is 11.5 Å². The summed E-state index contributed by atoms with van der Waals surface area (Å²) in [5, 5.41) is 9.47. The van der Waals surface area contributed by atoms with Crippen LogP contribution in [0.25, 0.3) is 6.08 Å². The van der Waals surface area contributed by atoms with Gasteiger partial charge >= 0.3 is 5.97 Å². The van der Waals surface area contributed by atoms with E-state index in [1.165, 1.54) is 18.9 Å². The van der Waals surface area contributed by atoms with Gasteiger partial charge in [0.15, 0.2) is 23.3 Å². The molecule has 1 amide bonds. The number of aliphatic imine (C=N–C) groups is 1. The van der Waals surface area contributed by atoms with E-state index in [0.29, 0.717) is 30.7 Å². The molecule has 3 aromatic carbocycles. The van der Waals surface area contributed by atoms with Crippen LogP contribution >= 0.6 is 34.4 Å². The fraction of sp³-hybridized carbons (Fsp3) is 0.0800. The SMILES string of the molecule is COc1cc(/C=C2/SC(=Nc3ccccc3)N(c3ccccc3)C2=O)cc(I)c1OCC(=O)O. The Bertz CT molecular complexity index is 1280. The highest BCUT2D eigenvalue weighted by atomic mass is 127. The number of ether oxygens (including phenoxy) is 2. The third-order valence-electron chi connectivity index (χ3n) is 4.69. The predicted octanol–water partition coefficient (Wildman–Crippen LogP) is 5.57. The second-order valence-electron chi connectivity index (χ2n) is 7.03. The number of carboxylic acids is 1. The third-order valence-corrected chi connectivity index (χ3v) is 6.46. The molecule has 172 valence electrons.